The zero-order valence-corrected chi connectivity index (χ0v) is 46.3. The maximum atomic E-state index is 6.24. The molecule has 0 atom stereocenters. The molecule has 12 nitrogen and oxygen atoms in total. The Kier molecular flexibility index (Phi) is 37.6. The van der Waals surface area contributed by atoms with Crippen LogP contribution in [0.4, 0.5) is 0 Å². The van der Waals surface area contributed by atoms with E-state index in [4.69, 9.17) is 53.1 Å². The molecule has 0 saturated heterocycles. The van der Waals surface area contributed by atoms with Crippen LogP contribution in [0.3, 0.4) is 0 Å². The molecule has 0 saturated carbocycles. The van der Waals surface area contributed by atoms with Crippen LogP contribution < -0.4 is 0 Å². The highest BCUT2D eigenvalue weighted by atomic mass is 32.9. The van der Waals surface area contributed by atoms with Crippen LogP contribution >= 0.6 is 44.8 Å². The molecule has 0 aliphatic carbocycles. The third-order valence-corrected chi connectivity index (χ3v) is 43.4. The summed E-state index contributed by atoms with van der Waals surface area (Å²) < 4.78 is 72.7. The minimum atomic E-state index is -2.75. The smallest absolute Gasteiger partial charge is 0.374 e. The van der Waals surface area contributed by atoms with E-state index in [2.05, 4.69) is 44.8 Å². The minimum Gasteiger partial charge on any atom is -0.374 e. The van der Waals surface area contributed by atoms with Crippen LogP contribution in [0.25, 0.3) is 0 Å². The number of rotatable bonds is 44. The van der Waals surface area contributed by atoms with Gasteiger partial charge < -0.3 is 53.1 Å². The zero-order valence-electron chi connectivity index (χ0n) is 38.0. The quantitative estimate of drug-likeness (QED) is 0.0426. The zero-order chi connectivity index (χ0) is 42.8. The van der Waals surface area contributed by atoms with Gasteiger partial charge in [-0.05, 0) is 132 Å². The van der Waals surface area contributed by atoms with Crippen LogP contribution in [-0.4, -0.2) is 142 Å². The largest absolute Gasteiger partial charge is 0.500 e. The van der Waals surface area contributed by atoms with E-state index in [9.17, 15) is 0 Å². The van der Waals surface area contributed by atoms with Crippen molar-refractivity contribution in [2.24, 2.45) is 0 Å². The second kappa shape index (κ2) is 36.4. The Labute approximate surface area is 370 Å². The van der Waals surface area contributed by atoms with E-state index >= 15 is 0 Å². The Morgan fingerprint density at radius 3 is 0.509 bits per heavy atom. The summed E-state index contributed by atoms with van der Waals surface area (Å²) in [5, 5.41) is 0. The lowest BCUT2D eigenvalue weighted by Crippen LogP contribution is -2.46. The van der Waals surface area contributed by atoms with E-state index < -0.39 is 39.9 Å². The van der Waals surface area contributed by atoms with Crippen LogP contribution in [0, 0.1) is 0 Å². The molecule has 0 bridgehead atoms. The van der Waals surface area contributed by atoms with E-state index in [1.54, 1.807) is 0 Å². The number of hydrogen-bond acceptors (Lipinski definition) is 16. The van der Waals surface area contributed by atoms with Crippen LogP contribution in [0.5, 0.6) is 0 Å². The molecular formula is C36H84O12S4Si5. The standard InChI is InChI=1S/C36H84O12S4Si5/c1-13-37-53(38-14-2,39-15-3)33-25-29-49-57(50-30-26-34-54(40-16-4,41-17-5)42-18-6,51-31-27-35-55(43-19-7,44-20-8)45-21-9)52-32-28-36-56(46-22-10,47-23-11)48-24-12/h13-36H2,1-12H3. The average molecular weight is 978 g/mol. The predicted molar refractivity (Wildman–Crippen MR) is 256 cm³/mol. The summed E-state index contributed by atoms with van der Waals surface area (Å²) in [6, 6.07) is 3.23. The van der Waals surface area contributed by atoms with Crippen LogP contribution in [0.2, 0.25) is 24.2 Å². The Bertz CT molecular complexity index is 722. The molecule has 0 rings (SSSR count). The molecule has 0 spiro atoms. The molecule has 0 aromatic rings. The van der Waals surface area contributed by atoms with Gasteiger partial charge in [0.15, 0.2) is 0 Å². The van der Waals surface area contributed by atoms with Crippen molar-refractivity contribution < 1.29 is 53.1 Å². The summed E-state index contributed by atoms with van der Waals surface area (Å²) >= 11 is 8.66. The van der Waals surface area contributed by atoms with Crippen LogP contribution in [-0.2, 0) is 53.1 Å². The second-order valence-electron chi connectivity index (χ2n) is 12.2. The fraction of sp³-hybridized carbons (Fsp3) is 1.00. The van der Waals surface area contributed by atoms with E-state index in [1.165, 1.54) is 0 Å². The van der Waals surface area contributed by atoms with Crippen molar-refractivity contribution in [3.63, 3.8) is 0 Å². The lowest BCUT2D eigenvalue weighted by Gasteiger charge is -2.33. The van der Waals surface area contributed by atoms with Crippen LogP contribution in [0.1, 0.15) is 109 Å². The third-order valence-electron chi connectivity index (χ3n) is 8.00. The molecule has 0 aromatic heterocycles. The molecular weight excluding hydrogens is 893 g/mol. The van der Waals surface area contributed by atoms with Crippen molar-refractivity contribution in [3.05, 3.63) is 0 Å². The second-order valence-corrected chi connectivity index (χ2v) is 42.4. The molecule has 0 N–H and O–H groups in total. The van der Waals surface area contributed by atoms with E-state index in [0.717, 1.165) is 72.9 Å². The Morgan fingerprint density at radius 1 is 0.246 bits per heavy atom. The molecule has 0 radical (unpaired) electrons. The third kappa shape index (κ3) is 24.6. The number of hydrogen-bond donors (Lipinski definition) is 0. The Balaban J connectivity index is 6.57. The SMILES string of the molecule is CCO[Si](CCCS[Si](SCCC[Si](OCC)(OCC)OCC)(SCCC[Si](OCC)(OCC)OCC)SCCC[Si](OCC)(OCC)OCC)(OCC)OCC. The molecule has 0 heterocycles. The highest BCUT2D eigenvalue weighted by molar-refractivity contribution is 8.99. The predicted octanol–water partition coefficient (Wildman–Crippen LogP) is 10.1. The van der Waals surface area contributed by atoms with Crippen molar-refractivity contribution in [2.75, 3.05) is 102 Å². The first-order chi connectivity index (χ1) is 27.6. The fourth-order valence-electron chi connectivity index (χ4n) is 6.20. The maximum Gasteiger partial charge on any atom is 0.500 e. The van der Waals surface area contributed by atoms with Gasteiger partial charge >= 0.3 is 39.9 Å². The van der Waals surface area contributed by atoms with Gasteiger partial charge in [0.05, 0.1) is 0 Å². The molecule has 0 fully saturated rings. The van der Waals surface area contributed by atoms with Crippen molar-refractivity contribution in [3.8, 4) is 0 Å². The summed E-state index contributed by atoms with van der Waals surface area (Å²) in [7, 11) is -11.0. The molecule has 57 heavy (non-hydrogen) atoms. The first-order valence-electron chi connectivity index (χ1n) is 21.8. The highest BCUT2D eigenvalue weighted by Crippen LogP contribution is 2.52. The summed E-state index contributed by atoms with van der Waals surface area (Å²) in [5.41, 5.74) is 0. The van der Waals surface area contributed by atoms with Gasteiger partial charge in [0, 0.05) is 103 Å². The van der Waals surface area contributed by atoms with Gasteiger partial charge in [0.25, 0.3) is 0 Å². The monoisotopic (exact) mass is 976 g/mol. The molecule has 0 aliphatic rings. The molecule has 0 aliphatic heterocycles. The molecule has 344 valence electrons. The molecule has 0 amide bonds. The van der Waals surface area contributed by atoms with Crippen LogP contribution in [0.15, 0.2) is 0 Å². The molecule has 0 unspecified atom stereocenters. The summed E-state index contributed by atoms with van der Waals surface area (Å²) in [4.78, 5) is 0. The lowest BCUT2D eigenvalue weighted by molar-refractivity contribution is 0.0704. The summed E-state index contributed by atoms with van der Waals surface area (Å²) in [6.45, 7) is 31.3. The van der Waals surface area contributed by atoms with Crippen molar-refractivity contribution in [1.29, 1.82) is 0 Å². The summed E-state index contributed by atoms with van der Waals surface area (Å²) in [6.07, 6.45) is 3.86. The minimum absolute atomic E-state index is 0.585. The van der Waals surface area contributed by atoms with Gasteiger partial charge in [0.2, 0.25) is 0 Å². The van der Waals surface area contributed by atoms with E-state index in [0.29, 0.717) is 79.3 Å². The Hall–Kier alpha value is 2.00. The normalized spacial score (nSPS) is 13.3. The van der Waals surface area contributed by atoms with Gasteiger partial charge in [0.1, 0.15) is 0 Å². The van der Waals surface area contributed by atoms with Gasteiger partial charge in [-0.2, -0.15) is 44.8 Å². The Morgan fingerprint density at radius 2 is 0.386 bits per heavy atom. The van der Waals surface area contributed by atoms with Gasteiger partial charge in [-0.1, -0.05) is 0 Å². The van der Waals surface area contributed by atoms with Gasteiger partial charge in [-0.25, -0.2) is 0 Å². The van der Waals surface area contributed by atoms with E-state index in [1.807, 2.05) is 83.1 Å². The lowest BCUT2D eigenvalue weighted by atomic mass is 10.6. The highest BCUT2D eigenvalue weighted by Gasteiger charge is 2.45. The van der Waals surface area contributed by atoms with Crippen molar-refractivity contribution in [2.45, 2.75) is 133 Å². The van der Waals surface area contributed by atoms with Crippen molar-refractivity contribution in [1.82, 2.24) is 0 Å². The fourth-order valence-corrected chi connectivity index (χ4v) is 40.1. The molecule has 21 heteroatoms. The van der Waals surface area contributed by atoms with Gasteiger partial charge in [-0.3, -0.25) is 0 Å². The average Bonchev–Trinajstić information content (AvgIpc) is 3.17. The summed E-state index contributed by atoms with van der Waals surface area (Å²) in [5.74, 6) is 4.01. The molecule has 0 aromatic carbocycles. The maximum absolute atomic E-state index is 6.24. The topological polar surface area (TPSA) is 111 Å². The van der Waals surface area contributed by atoms with Crippen molar-refractivity contribution >= 4 is 84.7 Å². The first-order valence-corrected chi connectivity index (χ1v) is 38.4. The van der Waals surface area contributed by atoms with Gasteiger partial charge in [-0.15, -0.1) is 0 Å². The van der Waals surface area contributed by atoms with E-state index in [-0.39, 0.29) is 0 Å². The first kappa shape index (κ1) is 59.0.